The van der Waals surface area contributed by atoms with Gasteiger partial charge in [-0.2, -0.15) is 0 Å². The Morgan fingerprint density at radius 2 is 1.83 bits per heavy atom. The molecule has 0 unspecified atom stereocenters. The molecule has 0 aliphatic heterocycles. The number of aromatic nitrogens is 1. The van der Waals surface area contributed by atoms with Gasteiger partial charge in [-0.3, -0.25) is 4.90 Å². The lowest BCUT2D eigenvalue weighted by molar-refractivity contribution is 0.0622. The third-order valence-corrected chi connectivity index (χ3v) is 6.01. The molecule has 1 fully saturated rings. The van der Waals surface area contributed by atoms with Crippen molar-refractivity contribution in [2.24, 2.45) is 0 Å². The number of halogens is 1. The van der Waals surface area contributed by atoms with Gasteiger partial charge in [0.15, 0.2) is 5.76 Å². The molecule has 0 radical (unpaired) electrons. The number of hydrogen-bond acceptors (Lipinski definition) is 5. The van der Waals surface area contributed by atoms with E-state index in [1.807, 2.05) is 42.5 Å². The number of aliphatic hydroxyl groups is 1. The summed E-state index contributed by atoms with van der Waals surface area (Å²) in [5.74, 6) is 1.69. The van der Waals surface area contributed by atoms with E-state index in [1.54, 1.807) is 7.11 Å². The van der Waals surface area contributed by atoms with Crippen molar-refractivity contribution in [2.45, 2.75) is 50.9 Å². The van der Waals surface area contributed by atoms with Crippen LogP contribution >= 0.6 is 11.6 Å². The normalized spacial score (nSPS) is 19.2. The molecule has 30 heavy (non-hydrogen) atoms. The fourth-order valence-corrected chi connectivity index (χ4v) is 4.21. The predicted octanol–water partition coefficient (Wildman–Crippen LogP) is 5.31. The highest BCUT2D eigenvalue weighted by Crippen LogP contribution is 2.28. The molecule has 0 amide bonds. The van der Waals surface area contributed by atoms with Gasteiger partial charge < -0.3 is 14.4 Å². The summed E-state index contributed by atoms with van der Waals surface area (Å²) in [5, 5.41) is 14.9. The smallest absolute Gasteiger partial charge is 0.151 e. The maximum absolute atomic E-state index is 9.93. The van der Waals surface area contributed by atoms with Crippen LogP contribution in [0, 0.1) is 0 Å². The number of hydrogen-bond donors (Lipinski definition) is 1. The second-order valence-corrected chi connectivity index (χ2v) is 8.34. The topological polar surface area (TPSA) is 58.7 Å². The fraction of sp³-hybridized carbons (Fsp3) is 0.375. The van der Waals surface area contributed by atoms with Crippen LogP contribution in [0.1, 0.15) is 37.0 Å². The van der Waals surface area contributed by atoms with Crippen molar-refractivity contribution in [2.75, 3.05) is 7.11 Å². The molecule has 6 heteroatoms. The van der Waals surface area contributed by atoms with Crippen molar-refractivity contribution in [3.63, 3.8) is 0 Å². The minimum Gasteiger partial charge on any atom is -0.497 e. The van der Waals surface area contributed by atoms with Crippen molar-refractivity contribution in [1.82, 2.24) is 10.1 Å². The molecular formula is C24H27ClN2O3. The van der Waals surface area contributed by atoms with Crippen LogP contribution in [0.15, 0.2) is 59.1 Å². The van der Waals surface area contributed by atoms with Crippen LogP contribution in [0.25, 0.3) is 11.3 Å². The van der Waals surface area contributed by atoms with E-state index in [0.717, 1.165) is 55.0 Å². The quantitative estimate of drug-likeness (QED) is 0.554. The van der Waals surface area contributed by atoms with Crippen molar-refractivity contribution >= 4 is 11.6 Å². The lowest BCUT2D eigenvalue weighted by atomic mass is 9.91. The predicted molar refractivity (Wildman–Crippen MR) is 117 cm³/mol. The average molecular weight is 427 g/mol. The Morgan fingerprint density at radius 3 is 2.57 bits per heavy atom. The Labute approximate surface area is 182 Å². The molecule has 158 valence electrons. The molecule has 1 aromatic heterocycles. The largest absolute Gasteiger partial charge is 0.497 e. The van der Waals surface area contributed by atoms with Gasteiger partial charge in [0.2, 0.25) is 0 Å². The number of methoxy groups -OCH3 is 1. The highest BCUT2D eigenvalue weighted by atomic mass is 35.5. The molecule has 5 nitrogen and oxygen atoms in total. The van der Waals surface area contributed by atoms with Crippen LogP contribution < -0.4 is 4.74 Å². The number of aliphatic hydroxyl groups excluding tert-OH is 1. The Balaban J connectivity index is 1.52. The zero-order chi connectivity index (χ0) is 20.9. The van der Waals surface area contributed by atoms with Crippen LogP contribution in [0.3, 0.4) is 0 Å². The molecule has 1 N–H and O–H groups in total. The van der Waals surface area contributed by atoms with Gasteiger partial charge in [-0.25, -0.2) is 0 Å². The maximum Gasteiger partial charge on any atom is 0.151 e. The summed E-state index contributed by atoms with van der Waals surface area (Å²) in [6.07, 6.45) is 3.45. The van der Waals surface area contributed by atoms with E-state index < -0.39 is 0 Å². The van der Waals surface area contributed by atoms with Gasteiger partial charge in [-0.15, -0.1) is 0 Å². The van der Waals surface area contributed by atoms with Gasteiger partial charge in [-0.05, 0) is 55.5 Å². The Kier molecular flexibility index (Phi) is 6.72. The lowest BCUT2D eigenvalue weighted by Gasteiger charge is -2.35. The maximum atomic E-state index is 9.93. The van der Waals surface area contributed by atoms with Crippen LogP contribution in [0.2, 0.25) is 5.02 Å². The summed E-state index contributed by atoms with van der Waals surface area (Å²) in [5.41, 5.74) is 2.98. The first kappa shape index (κ1) is 20.9. The standard InChI is InChI=1S/C24H27ClN2O3/c1-29-22-4-2-3-17(13-22)15-27(20-9-11-21(28)12-10-20)16-23-14-24(26-30-23)18-5-7-19(25)8-6-18/h2-8,13-14,20-21,28H,9-12,15-16H2,1H3. The number of rotatable bonds is 7. The summed E-state index contributed by atoms with van der Waals surface area (Å²) in [6, 6.07) is 18.2. The Hall–Kier alpha value is -2.34. The van der Waals surface area contributed by atoms with Crippen LogP contribution in [-0.4, -0.2) is 34.4 Å². The van der Waals surface area contributed by atoms with Gasteiger partial charge in [0.05, 0.1) is 19.8 Å². The molecule has 1 saturated carbocycles. The molecule has 4 rings (SSSR count). The van der Waals surface area contributed by atoms with E-state index in [0.29, 0.717) is 17.6 Å². The average Bonchev–Trinajstić information content (AvgIpc) is 3.23. The van der Waals surface area contributed by atoms with Crippen LogP contribution in [-0.2, 0) is 13.1 Å². The Morgan fingerprint density at radius 1 is 1.07 bits per heavy atom. The molecule has 0 atom stereocenters. The minimum absolute atomic E-state index is 0.179. The third-order valence-electron chi connectivity index (χ3n) is 5.76. The first-order valence-electron chi connectivity index (χ1n) is 10.4. The molecular weight excluding hydrogens is 400 g/mol. The molecule has 1 aliphatic carbocycles. The highest BCUT2D eigenvalue weighted by Gasteiger charge is 2.26. The zero-order valence-electron chi connectivity index (χ0n) is 17.1. The first-order chi connectivity index (χ1) is 14.6. The van der Waals surface area contributed by atoms with E-state index in [1.165, 1.54) is 5.56 Å². The van der Waals surface area contributed by atoms with Gasteiger partial charge >= 0.3 is 0 Å². The van der Waals surface area contributed by atoms with Crippen LogP contribution in [0.4, 0.5) is 0 Å². The van der Waals surface area contributed by atoms with Crippen LogP contribution in [0.5, 0.6) is 5.75 Å². The monoisotopic (exact) mass is 426 g/mol. The molecule has 1 heterocycles. The summed E-state index contributed by atoms with van der Waals surface area (Å²) < 4.78 is 11.1. The van der Waals surface area contributed by atoms with Crippen molar-refractivity contribution < 1.29 is 14.4 Å². The van der Waals surface area contributed by atoms with Gasteiger partial charge in [-0.1, -0.05) is 41.0 Å². The summed E-state index contributed by atoms with van der Waals surface area (Å²) >= 11 is 5.99. The molecule has 0 spiro atoms. The number of nitrogens with zero attached hydrogens (tertiary/aromatic N) is 2. The van der Waals surface area contributed by atoms with Crippen molar-refractivity contribution in [1.29, 1.82) is 0 Å². The zero-order valence-corrected chi connectivity index (χ0v) is 17.9. The van der Waals surface area contributed by atoms with Gasteiger partial charge in [0.1, 0.15) is 11.4 Å². The molecule has 0 saturated heterocycles. The number of benzene rings is 2. The Bertz CT molecular complexity index is 949. The highest BCUT2D eigenvalue weighted by molar-refractivity contribution is 6.30. The van der Waals surface area contributed by atoms with E-state index in [4.69, 9.17) is 20.9 Å². The SMILES string of the molecule is COc1cccc(CN(Cc2cc(-c3ccc(Cl)cc3)no2)C2CCC(O)CC2)c1. The van der Waals surface area contributed by atoms with Gasteiger partial charge in [0.25, 0.3) is 0 Å². The second kappa shape index (κ2) is 9.65. The van der Waals surface area contributed by atoms with E-state index >= 15 is 0 Å². The summed E-state index contributed by atoms with van der Waals surface area (Å²) in [7, 11) is 1.69. The van der Waals surface area contributed by atoms with E-state index in [9.17, 15) is 5.11 Å². The first-order valence-corrected chi connectivity index (χ1v) is 10.7. The lowest BCUT2D eigenvalue weighted by Crippen LogP contribution is -2.38. The summed E-state index contributed by atoms with van der Waals surface area (Å²) in [4.78, 5) is 2.42. The molecule has 2 aromatic carbocycles. The second-order valence-electron chi connectivity index (χ2n) is 7.90. The minimum atomic E-state index is -0.179. The third kappa shape index (κ3) is 5.22. The van der Waals surface area contributed by atoms with Crippen molar-refractivity contribution in [3.8, 4) is 17.0 Å². The fourth-order valence-electron chi connectivity index (χ4n) is 4.09. The molecule has 1 aliphatic rings. The summed E-state index contributed by atoms with van der Waals surface area (Å²) in [6.45, 7) is 1.45. The number of ether oxygens (including phenoxy) is 1. The van der Waals surface area contributed by atoms with Crippen molar-refractivity contribution in [3.05, 3.63) is 70.9 Å². The van der Waals surface area contributed by atoms with E-state index in [-0.39, 0.29) is 6.10 Å². The van der Waals surface area contributed by atoms with Gasteiger partial charge in [0, 0.05) is 29.2 Å². The van der Waals surface area contributed by atoms with E-state index in [2.05, 4.69) is 22.2 Å². The molecule has 3 aromatic rings. The molecule has 0 bridgehead atoms.